The monoisotopic (exact) mass is 282 g/mol. The number of hydrogen-bond acceptors (Lipinski definition) is 5. The number of rotatable bonds is 5. The topological polar surface area (TPSA) is 94.6 Å². The smallest absolute Gasteiger partial charge is 0.243 e. The summed E-state index contributed by atoms with van der Waals surface area (Å²) >= 11 is 0. The Kier molecular flexibility index (Phi) is 3.77. The van der Waals surface area contributed by atoms with Crippen LogP contribution in [0.5, 0.6) is 5.75 Å². The first-order valence-electron chi connectivity index (χ1n) is 5.48. The second-order valence-corrected chi connectivity index (χ2v) is 5.54. The van der Waals surface area contributed by atoms with Crippen LogP contribution in [0.3, 0.4) is 0 Å². The molecule has 19 heavy (non-hydrogen) atoms. The second-order valence-electron chi connectivity index (χ2n) is 3.81. The SMILES string of the molecule is COc1ccc(S(=O)(=O)NCc2ccco2)c(N)c1. The van der Waals surface area contributed by atoms with E-state index in [0.29, 0.717) is 11.5 Å². The summed E-state index contributed by atoms with van der Waals surface area (Å²) in [4.78, 5) is 0.0138. The van der Waals surface area contributed by atoms with Crippen molar-refractivity contribution in [2.24, 2.45) is 0 Å². The Hall–Kier alpha value is -1.99. The van der Waals surface area contributed by atoms with E-state index >= 15 is 0 Å². The van der Waals surface area contributed by atoms with E-state index in [1.165, 1.54) is 31.6 Å². The lowest BCUT2D eigenvalue weighted by Crippen LogP contribution is -2.23. The maximum absolute atomic E-state index is 12.1. The Balaban J connectivity index is 2.19. The number of nitrogen functional groups attached to an aromatic ring is 1. The first-order valence-corrected chi connectivity index (χ1v) is 6.97. The van der Waals surface area contributed by atoms with Crippen molar-refractivity contribution in [3.05, 3.63) is 42.4 Å². The molecule has 0 saturated carbocycles. The number of furan rings is 1. The molecule has 0 aliphatic rings. The zero-order chi connectivity index (χ0) is 13.9. The van der Waals surface area contributed by atoms with Crippen molar-refractivity contribution < 1.29 is 17.6 Å². The van der Waals surface area contributed by atoms with E-state index in [0.717, 1.165) is 0 Å². The third kappa shape index (κ3) is 3.07. The number of ether oxygens (including phenoxy) is 1. The van der Waals surface area contributed by atoms with Crippen molar-refractivity contribution in [2.45, 2.75) is 11.4 Å². The number of sulfonamides is 1. The minimum absolute atomic E-state index is 0.0138. The first kappa shape index (κ1) is 13.4. The fraction of sp³-hybridized carbons (Fsp3) is 0.167. The van der Waals surface area contributed by atoms with E-state index in [1.807, 2.05) is 0 Å². The van der Waals surface area contributed by atoms with Crippen LogP contribution in [-0.2, 0) is 16.6 Å². The molecular weight excluding hydrogens is 268 g/mol. The summed E-state index contributed by atoms with van der Waals surface area (Å²) in [5.41, 5.74) is 5.84. The predicted molar refractivity (Wildman–Crippen MR) is 70.1 cm³/mol. The number of nitrogens with one attached hydrogen (secondary N) is 1. The summed E-state index contributed by atoms with van der Waals surface area (Å²) in [5, 5.41) is 0. The molecule has 1 aromatic carbocycles. The van der Waals surface area contributed by atoms with Gasteiger partial charge in [-0.3, -0.25) is 0 Å². The molecule has 1 aromatic heterocycles. The molecule has 0 fully saturated rings. The number of benzene rings is 1. The highest BCUT2D eigenvalue weighted by Crippen LogP contribution is 2.23. The maximum Gasteiger partial charge on any atom is 0.243 e. The van der Waals surface area contributed by atoms with E-state index in [9.17, 15) is 8.42 Å². The van der Waals surface area contributed by atoms with Gasteiger partial charge in [0.15, 0.2) is 0 Å². The molecular formula is C12H14N2O4S. The van der Waals surface area contributed by atoms with Crippen LogP contribution in [0.1, 0.15) is 5.76 Å². The average Bonchev–Trinajstić information content (AvgIpc) is 2.89. The van der Waals surface area contributed by atoms with Crippen molar-refractivity contribution >= 4 is 15.7 Å². The largest absolute Gasteiger partial charge is 0.497 e. The minimum Gasteiger partial charge on any atom is -0.497 e. The van der Waals surface area contributed by atoms with Crippen LogP contribution in [0, 0.1) is 0 Å². The van der Waals surface area contributed by atoms with E-state index in [-0.39, 0.29) is 17.1 Å². The van der Waals surface area contributed by atoms with Gasteiger partial charge in [-0.05, 0) is 24.3 Å². The van der Waals surface area contributed by atoms with Gasteiger partial charge in [0.25, 0.3) is 0 Å². The summed E-state index contributed by atoms with van der Waals surface area (Å²) < 4.78 is 36.6. The Morgan fingerprint density at radius 1 is 1.37 bits per heavy atom. The first-order chi connectivity index (χ1) is 9.03. The Bertz CT molecular complexity index is 650. The van der Waals surface area contributed by atoms with Gasteiger partial charge in [-0.15, -0.1) is 0 Å². The van der Waals surface area contributed by atoms with Gasteiger partial charge in [0.05, 0.1) is 25.6 Å². The summed E-state index contributed by atoms with van der Waals surface area (Å²) in [5.74, 6) is 1.03. The van der Waals surface area contributed by atoms with E-state index in [2.05, 4.69) is 4.72 Å². The molecule has 0 aliphatic heterocycles. The Morgan fingerprint density at radius 2 is 2.16 bits per heavy atom. The van der Waals surface area contributed by atoms with Gasteiger partial charge in [-0.2, -0.15) is 0 Å². The molecule has 3 N–H and O–H groups in total. The van der Waals surface area contributed by atoms with Crippen LogP contribution in [0.25, 0.3) is 0 Å². The van der Waals surface area contributed by atoms with Crippen molar-refractivity contribution in [1.82, 2.24) is 4.72 Å². The lowest BCUT2D eigenvalue weighted by molar-refractivity contribution is 0.414. The molecule has 2 rings (SSSR count). The molecule has 7 heteroatoms. The average molecular weight is 282 g/mol. The van der Waals surface area contributed by atoms with E-state index < -0.39 is 10.0 Å². The molecule has 102 valence electrons. The van der Waals surface area contributed by atoms with Crippen molar-refractivity contribution in [1.29, 1.82) is 0 Å². The van der Waals surface area contributed by atoms with Gasteiger partial charge >= 0.3 is 0 Å². The molecule has 0 radical (unpaired) electrons. The number of anilines is 1. The third-order valence-electron chi connectivity index (χ3n) is 2.52. The normalized spacial score (nSPS) is 11.4. The summed E-state index contributed by atoms with van der Waals surface area (Å²) in [6.07, 6.45) is 1.48. The summed E-state index contributed by atoms with van der Waals surface area (Å²) in [7, 11) is -2.20. The number of hydrogen-bond donors (Lipinski definition) is 2. The third-order valence-corrected chi connectivity index (χ3v) is 4.00. The fourth-order valence-electron chi connectivity index (χ4n) is 1.56. The van der Waals surface area contributed by atoms with Crippen molar-refractivity contribution in [2.75, 3.05) is 12.8 Å². The molecule has 0 atom stereocenters. The lowest BCUT2D eigenvalue weighted by atomic mass is 10.3. The molecule has 0 bridgehead atoms. The fourth-order valence-corrected chi connectivity index (χ4v) is 2.66. The molecule has 0 unspecified atom stereocenters. The molecule has 0 spiro atoms. The molecule has 0 saturated heterocycles. The minimum atomic E-state index is -3.68. The standard InChI is InChI=1S/C12H14N2O4S/c1-17-9-4-5-12(11(13)7-9)19(15,16)14-8-10-3-2-6-18-10/h2-7,14H,8,13H2,1H3. The lowest BCUT2D eigenvalue weighted by Gasteiger charge is -2.09. The molecule has 6 nitrogen and oxygen atoms in total. The van der Waals surface area contributed by atoms with Crippen molar-refractivity contribution in [3.63, 3.8) is 0 Å². The predicted octanol–water partition coefficient (Wildman–Crippen LogP) is 1.35. The van der Waals surface area contributed by atoms with Crippen molar-refractivity contribution in [3.8, 4) is 5.75 Å². The van der Waals surface area contributed by atoms with Crippen LogP contribution in [0.15, 0.2) is 45.9 Å². The second kappa shape index (κ2) is 5.33. The molecule has 2 aromatic rings. The van der Waals surface area contributed by atoms with Crippen LogP contribution >= 0.6 is 0 Å². The van der Waals surface area contributed by atoms with Crippen LogP contribution < -0.4 is 15.2 Å². The highest BCUT2D eigenvalue weighted by molar-refractivity contribution is 7.89. The highest BCUT2D eigenvalue weighted by atomic mass is 32.2. The summed E-state index contributed by atoms with van der Waals surface area (Å²) in [6.45, 7) is 0.0702. The van der Waals surface area contributed by atoms with Gasteiger partial charge < -0.3 is 14.9 Å². The van der Waals surface area contributed by atoms with E-state index in [4.69, 9.17) is 14.9 Å². The van der Waals surface area contributed by atoms with Gasteiger partial charge in [0.2, 0.25) is 10.0 Å². The molecule has 0 amide bonds. The van der Waals surface area contributed by atoms with Gasteiger partial charge in [-0.25, -0.2) is 13.1 Å². The number of methoxy groups -OCH3 is 1. The molecule has 1 heterocycles. The maximum atomic E-state index is 12.1. The van der Waals surface area contributed by atoms with E-state index in [1.54, 1.807) is 12.1 Å². The zero-order valence-corrected chi connectivity index (χ0v) is 11.1. The molecule has 0 aliphatic carbocycles. The zero-order valence-electron chi connectivity index (χ0n) is 10.3. The van der Waals surface area contributed by atoms with Gasteiger partial charge in [0.1, 0.15) is 16.4 Å². The van der Waals surface area contributed by atoms with Crippen LogP contribution in [-0.4, -0.2) is 15.5 Å². The van der Waals surface area contributed by atoms with Gasteiger partial charge in [-0.1, -0.05) is 0 Å². The Labute approximate surface area is 111 Å². The summed E-state index contributed by atoms with van der Waals surface area (Å²) in [6, 6.07) is 7.77. The number of nitrogens with two attached hydrogens (primary N) is 1. The van der Waals surface area contributed by atoms with Crippen LogP contribution in [0.2, 0.25) is 0 Å². The van der Waals surface area contributed by atoms with Crippen LogP contribution in [0.4, 0.5) is 5.69 Å². The quantitative estimate of drug-likeness (QED) is 0.807. The van der Waals surface area contributed by atoms with Gasteiger partial charge in [0, 0.05) is 6.07 Å². The Morgan fingerprint density at radius 3 is 2.74 bits per heavy atom. The highest BCUT2D eigenvalue weighted by Gasteiger charge is 2.18.